The van der Waals surface area contributed by atoms with Gasteiger partial charge in [-0.25, -0.2) is 0 Å². The van der Waals surface area contributed by atoms with Crippen molar-refractivity contribution in [2.24, 2.45) is 0 Å². The average molecular weight is 365 g/mol. The van der Waals surface area contributed by atoms with Crippen LogP contribution in [0.2, 0.25) is 5.02 Å². The Labute approximate surface area is 149 Å². The second-order valence-electron chi connectivity index (χ2n) is 5.09. The smallest absolute Gasteiger partial charge is 0.255 e. The summed E-state index contributed by atoms with van der Waals surface area (Å²) in [6, 6.07) is 8.27. The van der Waals surface area contributed by atoms with Crippen molar-refractivity contribution in [3.05, 3.63) is 52.5 Å². The number of nitrogens with one attached hydrogen (secondary N) is 2. The summed E-state index contributed by atoms with van der Waals surface area (Å²) in [5.41, 5.74) is 0.402. The highest BCUT2D eigenvalue weighted by atomic mass is 35.5. The highest BCUT2D eigenvalue weighted by Crippen LogP contribution is 2.22. The molecular weight excluding hydrogens is 348 g/mol. The first-order valence-corrected chi connectivity index (χ1v) is 7.71. The predicted octanol–water partition coefficient (Wildman–Crippen LogP) is 1.92. The number of carbonyl (C=O) groups is 2. The van der Waals surface area contributed by atoms with Crippen LogP contribution in [-0.4, -0.2) is 42.2 Å². The van der Waals surface area contributed by atoms with Crippen LogP contribution in [0, 0.1) is 0 Å². The number of hydrogen-bond donors (Lipinski definition) is 4. The summed E-state index contributed by atoms with van der Waals surface area (Å²) in [4.78, 5) is 24.1. The van der Waals surface area contributed by atoms with Crippen molar-refractivity contribution in [3.63, 3.8) is 0 Å². The number of rotatable bonds is 6. The molecule has 0 aromatic heterocycles. The van der Waals surface area contributed by atoms with Crippen LogP contribution >= 0.6 is 11.6 Å². The zero-order valence-electron chi connectivity index (χ0n) is 13.4. The molecule has 0 radical (unpaired) electrons. The Kier molecular flexibility index (Phi) is 6.08. The van der Waals surface area contributed by atoms with Crippen molar-refractivity contribution in [1.82, 2.24) is 10.6 Å². The number of aromatic hydroxyl groups is 2. The minimum atomic E-state index is -0.485. The van der Waals surface area contributed by atoms with Gasteiger partial charge in [0, 0.05) is 29.7 Å². The number of hydrogen-bond acceptors (Lipinski definition) is 5. The summed E-state index contributed by atoms with van der Waals surface area (Å²) in [6.45, 7) is 0.328. The summed E-state index contributed by atoms with van der Waals surface area (Å²) >= 11 is 5.88. The van der Waals surface area contributed by atoms with Gasteiger partial charge >= 0.3 is 0 Å². The van der Waals surface area contributed by atoms with Crippen molar-refractivity contribution in [3.8, 4) is 17.2 Å². The van der Waals surface area contributed by atoms with Crippen molar-refractivity contribution >= 4 is 23.4 Å². The molecule has 0 aliphatic rings. The van der Waals surface area contributed by atoms with Gasteiger partial charge in [-0.05, 0) is 30.3 Å². The van der Waals surface area contributed by atoms with E-state index in [0.717, 1.165) is 6.07 Å². The Hall–Kier alpha value is -2.93. The lowest BCUT2D eigenvalue weighted by atomic mass is 10.2. The normalized spacial score (nSPS) is 10.2. The van der Waals surface area contributed by atoms with E-state index in [-0.39, 0.29) is 36.1 Å². The monoisotopic (exact) mass is 364 g/mol. The van der Waals surface area contributed by atoms with E-state index in [1.807, 2.05) is 0 Å². The molecule has 132 valence electrons. The van der Waals surface area contributed by atoms with Crippen molar-refractivity contribution < 1.29 is 24.5 Å². The van der Waals surface area contributed by atoms with E-state index in [1.54, 1.807) is 12.1 Å². The number of benzene rings is 2. The van der Waals surface area contributed by atoms with Gasteiger partial charge in [-0.15, -0.1) is 0 Å². The molecule has 0 bridgehead atoms. The van der Waals surface area contributed by atoms with E-state index >= 15 is 0 Å². The molecular formula is C17H17ClN2O5. The Morgan fingerprint density at radius 3 is 2.20 bits per heavy atom. The van der Waals surface area contributed by atoms with E-state index in [4.69, 9.17) is 16.3 Å². The van der Waals surface area contributed by atoms with E-state index in [1.165, 1.54) is 25.3 Å². The fourth-order valence-corrected chi connectivity index (χ4v) is 2.31. The first-order chi connectivity index (χ1) is 11.9. The third kappa shape index (κ3) is 5.02. The van der Waals surface area contributed by atoms with E-state index in [9.17, 15) is 19.8 Å². The molecule has 7 nitrogen and oxygen atoms in total. The lowest BCUT2D eigenvalue weighted by Crippen LogP contribution is -2.34. The van der Waals surface area contributed by atoms with Crippen LogP contribution < -0.4 is 15.4 Å². The molecule has 0 saturated carbocycles. The van der Waals surface area contributed by atoms with Crippen molar-refractivity contribution in [1.29, 1.82) is 0 Å². The molecule has 0 aliphatic heterocycles. The van der Waals surface area contributed by atoms with Crippen LogP contribution in [0.5, 0.6) is 17.2 Å². The topological polar surface area (TPSA) is 108 Å². The van der Waals surface area contributed by atoms with Gasteiger partial charge < -0.3 is 25.6 Å². The number of amides is 2. The molecule has 0 saturated heterocycles. The lowest BCUT2D eigenvalue weighted by molar-refractivity contribution is 0.0925. The third-order valence-corrected chi connectivity index (χ3v) is 3.50. The number of ether oxygens (including phenoxy) is 1. The molecule has 0 fully saturated rings. The molecule has 0 atom stereocenters. The average Bonchev–Trinajstić information content (AvgIpc) is 2.57. The molecule has 2 rings (SSSR count). The Morgan fingerprint density at radius 2 is 1.60 bits per heavy atom. The van der Waals surface area contributed by atoms with E-state index in [0.29, 0.717) is 16.3 Å². The largest absolute Gasteiger partial charge is 0.508 e. The van der Waals surface area contributed by atoms with E-state index < -0.39 is 5.91 Å². The summed E-state index contributed by atoms with van der Waals surface area (Å²) in [7, 11) is 1.45. The fraction of sp³-hybridized carbons (Fsp3) is 0.176. The Bertz CT molecular complexity index is 774. The number of halogens is 1. The molecule has 8 heteroatoms. The summed E-state index contributed by atoms with van der Waals surface area (Å²) in [5.74, 6) is -0.913. The van der Waals surface area contributed by atoms with Crippen molar-refractivity contribution in [2.45, 2.75) is 0 Å². The minimum absolute atomic E-state index is 0.111. The summed E-state index contributed by atoms with van der Waals surface area (Å²) in [5, 5.41) is 24.3. The zero-order valence-corrected chi connectivity index (χ0v) is 14.1. The lowest BCUT2D eigenvalue weighted by Gasteiger charge is -2.10. The van der Waals surface area contributed by atoms with Gasteiger partial charge in [-0.2, -0.15) is 0 Å². The van der Waals surface area contributed by atoms with Gasteiger partial charge in [0.1, 0.15) is 17.2 Å². The van der Waals surface area contributed by atoms with Gasteiger partial charge in [0.05, 0.1) is 12.7 Å². The van der Waals surface area contributed by atoms with Gasteiger partial charge in [0.25, 0.3) is 11.8 Å². The zero-order chi connectivity index (χ0) is 18.4. The highest BCUT2D eigenvalue weighted by Gasteiger charge is 2.13. The van der Waals surface area contributed by atoms with Crippen LogP contribution in [-0.2, 0) is 0 Å². The molecule has 0 heterocycles. The first-order valence-electron chi connectivity index (χ1n) is 7.33. The van der Waals surface area contributed by atoms with Crippen LogP contribution in [0.1, 0.15) is 20.7 Å². The molecule has 2 amide bonds. The van der Waals surface area contributed by atoms with E-state index in [2.05, 4.69) is 10.6 Å². The quantitative estimate of drug-likeness (QED) is 0.586. The maximum atomic E-state index is 12.2. The highest BCUT2D eigenvalue weighted by molar-refractivity contribution is 6.31. The molecule has 2 aromatic carbocycles. The van der Waals surface area contributed by atoms with Crippen molar-refractivity contribution in [2.75, 3.05) is 20.2 Å². The first kappa shape index (κ1) is 18.4. The fourth-order valence-electron chi connectivity index (χ4n) is 2.13. The second kappa shape index (κ2) is 8.25. The number of methoxy groups -OCH3 is 1. The van der Waals surface area contributed by atoms with Gasteiger partial charge in [-0.3, -0.25) is 9.59 Å². The van der Waals surface area contributed by atoms with Crippen LogP contribution in [0.15, 0.2) is 36.4 Å². The third-order valence-electron chi connectivity index (χ3n) is 3.27. The van der Waals surface area contributed by atoms with Crippen LogP contribution in [0.3, 0.4) is 0 Å². The van der Waals surface area contributed by atoms with Gasteiger partial charge in [-0.1, -0.05) is 11.6 Å². The Morgan fingerprint density at radius 1 is 1.00 bits per heavy atom. The van der Waals surface area contributed by atoms with Crippen LogP contribution in [0.4, 0.5) is 0 Å². The SMILES string of the molecule is COc1ccc(Cl)cc1C(=O)NCCNC(=O)c1cc(O)cc(O)c1. The second-order valence-corrected chi connectivity index (χ2v) is 5.53. The Balaban J connectivity index is 1.87. The molecule has 2 aromatic rings. The molecule has 0 unspecified atom stereocenters. The summed E-state index contributed by atoms with van der Waals surface area (Å²) in [6.07, 6.45) is 0. The number of phenolic OH excluding ortho intramolecular Hbond substituents is 2. The number of carbonyl (C=O) groups excluding carboxylic acids is 2. The van der Waals surface area contributed by atoms with Gasteiger partial charge in [0.2, 0.25) is 0 Å². The maximum absolute atomic E-state index is 12.2. The minimum Gasteiger partial charge on any atom is -0.508 e. The standard InChI is InChI=1S/C17H17ClN2O5/c1-25-15-3-2-11(18)8-14(15)17(24)20-5-4-19-16(23)10-6-12(21)9-13(22)7-10/h2-3,6-9,21-22H,4-5H2,1H3,(H,19,23)(H,20,24). The van der Waals surface area contributed by atoms with Crippen LogP contribution in [0.25, 0.3) is 0 Å². The summed E-state index contributed by atoms with van der Waals surface area (Å²) < 4.78 is 5.11. The van der Waals surface area contributed by atoms with Gasteiger partial charge in [0.15, 0.2) is 0 Å². The molecule has 4 N–H and O–H groups in total. The molecule has 25 heavy (non-hydrogen) atoms. The predicted molar refractivity (Wildman–Crippen MR) is 92.4 cm³/mol. The molecule has 0 aliphatic carbocycles. The molecule has 0 spiro atoms. The number of phenols is 2. The maximum Gasteiger partial charge on any atom is 0.255 e.